The van der Waals surface area contributed by atoms with Crippen molar-refractivity contribution in [1.29, 1.82) is 0 Å². The van der Waals surface area contributed by atoms with E-state index < -0.39 is 0 Å². The Balaban J connectivity index is 3.06. The van der Waals surface area contributed by atoms with Gasteiger partial charge in [0, 0.05) is 3.57 Å². The van der Waals surface area contributed by atoms with Crippen molar-refractivity contribution in [3.05, 3.63) is 27.3 Å². The van der Waals surface area contributed by atoms with Gasteiger partial charge in [0.1, 0.15) is 5.75 Å². The van der Waals surface area contributed by atoms with Crippen LogP contribution in [0.4, 0.5) is 0 Å². The second-order valence-electron chi connectivity index (χ2n) is 1.98. The van der Waals surface area contributed by atoms with E-state index in [1.54, 1.807) is 12.1 Å². The van der Waals surface area contributed by atoms with Crippen molar-refractivity contribution < 1.29 is 10.2 Å². The standard InChI is InChI=1S/C7H7IO2/c8-6-1-5(4-9)2-7(10)3-6/h1-3,9-10H,4H2. The fraction of sp³-hybridized carbons (Fsp3) is 0.143. The minimum Gasteiger partial charge on any atom is -0.508 e. The van der Waals surface area contributed by atoms with Crippen molar-refractivity contribution in [1.82, 2.24) is 0 Å². The summed E-state index contributed by atoms with van der Waals surface area (Å²) in [5.74, 6) is 0.205. The maximum Gasteiger partial charge on any atom is 0.116 e. The van der Waals surface area contributed by atoms with Crippen LogP contribution >= 0.6 is 22.6 Å². The Morgan fingerprint density at radius 1 is 1.30 bits per heavy atom. The lowest BCUT2D eigenvalue weighted by Crippen LogP contribution is -1.82. The molecule has 0 aliphatic rings. The van der Waals surface area contributed by atoms with Crippen molar-refractivity contribution in [2.45, 2.75) is 6.61 Å². The molecule has 1 aromatic carbocycles. The first-order valence-electron chi connectivity index (χ1n) is 2.81. The zero-order valence-electron chi connectivity index (χ0n) is 5.21. The number of hydrogen-bond donors (Lipinski definition) is 2. The molecule has 54 valence electrons. The molecule has 0 unspecified atom stereocenters. The number of phenolic OH excluding ortho intramolecular Hbond substituents is 1. The molecule has 10 heavy (non-hydrogen) atoms. The number of benzene rings is 1. The van der Waals surface area contributed by atoms with Crippen molar-refractivity contribution in [3.8, 4) is 5.75 Å². The molecule has 1 aromatic rings. The number of hydrogen-bond acceptors (Lipinski definition) is 2. The fourth-order valence-electron chi connectivity index (χ4n) is 0.725. The van der Waals surface area contributed by atoms with Crippen LogP contribution in [0, 0.1) is 3.57 Å². The molecule has 0 atom stereocenters. The minimum absolute atomic E-state index is 0.0234. The monoisotopic (exact) mass is 250 g/mol. The van der Waals surface area contributed by atoms with Gasteiger partial charge in [-0.3, -0.25) is 0 Å². The Hall–Kier alpha value is -0.290. The second-order valence-corrected chi connectivity index (χ2v) is 3.22. The van der Waals surface area contributed by atoms with Gasteiger partial charge < -0.3 is 10.2 Å². The molecule has 0 bridgehead atoms. The van der Waals surface area contributed by atoms with E-state index in [0.717, 1.165) is 9.13 Å². The molecule has 0 saturated carbocycles. The highest BCUT2D eigenvalue weighted by Gasteiger charge is 1.94. The van der Waals surface area contributed by atoms with Gasteiger partial charge in [-0.1, -0.05) is 0 Å². The number of aromatic hydroxyl groups is 1. The van der Waals surface area contributed by atoms with E-state index in [4.69, 9.17) is 10.2 Å². The third-order valence-electron chi connectivity index (χ3n) is 1.12. The predicted molar refractivity (Wildman–Crippen MR) is 46.7 cm³/mol. The highest BCUT2D eigenvalue weighted by Crippen LogP contribution is 2.16. The summed E-state index contributed by atoms with van der Waals surface area (Å²) in [4.78, 5) is 0. The number of halogens is 1. The van der Waals surface area contributed by atoms with Gasteiger partial charge in [0.25, 0.3) is 0 Å². The second kappa shape index (κ2) is 3.21. The molecule has 2 nitrogen and oxygen atoms in total. The van der Waals surface area contributed by atoms with Crippen LogP contribution in [0.1, 0.15) is 5.56 Å². The summed E-state index contributed by atoms with van der Waals surface area (Å²) < 4.78 is 0.932. The SMILES string of the molecule is OCc1cc(O)cc(I)c1. The summed E-state index contributed by atoms with van der Waals surface area (Å²) >= 11 is 2.08. The Bertz CT molecular complexity index is 215. The van der Waals surface area contributed by atoms with Gasteiger partial charge in [0.2, 0.25) is 0 Å². The van der Waals surface area contributed by atoms with E-state index in [9.17, 15) is 0 Å². The first-order valence-corrected chi connectivity index (χ1v) is 3.89. The van der Waals surface area contributed by atoms with Crippen LogP contribution < -0.4 is 0 Å². The van der Waals surface area contributed by atoms with Crippen molar-refractivity contribution in [3.63, 3.8) is 0 Å². The topological polar surface area (TPSA) is 40.5 Å². The highest BCUT2D eigenvalue weighted by molar-refractivity contribution is 14.1. The zero-order valence-corrected chi connectivity index (χ0v) is 7.37. The third kappa shape index (κ3) is 1.85. The van der Waals surface area contributed by atoms with Gasteiger partial charge in [-0.15, -0.1) is 0 Å². The molecule has 0 aromatic heterocycles. The normalized spacial score (nSPS) is 9.80. The summed E-state index contributed by atoms with van der Waals surface area (Å²) in [5.41, 5.74) is 0.740. The summed E-state index contributed by atoms with van der Waals surface area (Å²) in [6.45, 7) is -0.0234. The average Bonchev–Trinajstić information content (AvgIpc) is 1.85. The molecule has 1 rings (SSSR count). The first kappa shape index (κ1) is 7.81. The Kier molecular flexibility index (Phi) is 2.50. The van der Waals surface area contributed by atoms with E-state index in [1.165, 1.54) is 0 Å². The maximum absolute atomic E-state index is 9.01. The van der Waals surface area contributed by atoms with E-state index in [1.807, 2.05) is 6.07 Å². The highest BCUT2D eigenvalue weighted by atomic mass is 127. The fourth-order valence-corrected chi connectivity index (χ4v) is 1.44. The van der Waals surface area contributed by atoms with Crippen LogP contribution in [0.15, 0.2) is 18.2 Å². The van der Waals surface area contributed by atoms with Gasteiger partial charge in [0.15, 0.2) is 0 Å². The Morgan fingerprint density at radius 2 is 2.00 bits per heavy atom. The van der Waals surface area contributed by atoms with E-state index in [0.29, 0.717) is 0 Å². The van der Waals surface area contributed by atoms with Crippen molar-refractivity contribution in [2.75, 3.05) is 0 Å². The molecule has 0 heterocycles. The molecular weight excluding hydrogens is 243 g/mol. The van der Waals surface area contributed by atoms with Crippen LogP contribution in [-0.2, 0) is 6.61 Å². The molecule has 2 N–H and O–H groups in total. The van der Waals surface area contributed by atoms with Gasteiger partial charge in [-0.05, 0) is 46.4 Å². The van der Waals surface area contributed by atoms with Crippen molar-refractivity contribution in [2.24, 2.45) is 0 Å². The molecule has 0 amide bonds. The van der Waals surface area contributed by atoms with Gasteiger partial charge in [-0.2, -0.15) is 0 Å². The lowest BCUT2D eigenvalue weighted by atomic mass is 10.2. The summed E-state index contributed by atoms with van der Waals surface area (Å²) in [5, 5.41) is 17.7. The van der Waals surface area contributed by atoms with Crippen molar-refractivity contribution >= 4 is 22.6 Å². The Labute approximate surface area is 72.6 Å². The zero-order chi connectivity index (χ0) is 7.56. The predicted octanol–water partition coefficient (Wildman–Crippen LogP) is 1.49. The largest absolute Gasteiger partial charge is 0.508 e. The first-order chi connectivity index (χ1) is 4.72. The van der Waals surface area contributed by atoms with Crippen LogP contribution in [0.25, 0.3) is 0 Å². The summed E-state index contributed by atoms with van der Waals surface area (Å²) in [7, 11) is 0. The molecule has 0 radical (unpaired) electrons. The lowest BCUT2D eigenvalue weighted by molar-refractivity contribution is 0.281. The summed E-state index contributed by atoms with van der Waals surface area (Å²) in [6.07, 6.45) is 0. The molecule has 0 spiro atoms. The number of aliphatic hydroxyl groups is 1. The molecule has 3 heteroatoms. The quantitative estimate of drug-likeness (QED) is 0.741. The average molecular weight is 250 g/mol. The number of phenols is 1. The molecule has 0 aliphatic carbocycles. The Morgan fingerprint density at radius 3 is 2.50 bits per heavy atom. The molecule has 0 saturated heterocycles. The van der Waals surface area contributed by atoms with Crippen LogP contribution in [-0.4, -0.2) is 10.2 Å². The third-order valence-corrected chi connectivity index (χ3v) is 1.75. The van der Waals surface area contributed by atoms with E-state index >= 15 is 0 Å². The summed E-state index contributed by atoms with van der Waals surface area (Å²) in [6, 6.07) is 5.00. The number of rotatable bonds is 1. The minimum atomic E-state index is -0.0234. The van der Waals surface area contributed by atoms with Gasteiger partial charge in [0.05, 0.1) is 6.61 Å². The van der Waals surface area contributed by atoms with Crippen LogP contribution in [0.5, 0.6) is 5.75 Å². The van der Waals surface area contributed by atoms with Crippen LogP contribution in [0.3, 0.4) is 0 Å². The van der Waals surface area contributed by atoms with Crippen LogP contribution in [0.2, 0.25) is 0 Å². The van der Waals surface area contributed by atoms with E-state index in [2.05, 4.69) is 22.6 Å². The van der Waals surface area contributed by atoms with E-state index in [-0.39, 0.29) is 12.4 Å². The smallest absolute Gasteiger partial charge is 0.116 e. The number of aliphatic hydroxyl groups excluding tert-OH is 1. The molecule has 0 aliphatic heterocycles. The molecular formula is C7H7IO2. The lowest BCUT2D eigenvalue weighted by Gasteiger charge is -1.97. The van der Waals surface area contributed by atoms with Gasteiger partial charge >= 0.3 is 0 Å². The van der Waals surface area contributed by atoms with Gasteiger partial charge in [-0.25, -0.2) is 0 Å². The molecule has 0 fully saturated rings. The maximum atomic E-state index is 9.01.